The number of halogens is 1. The van der Waals surface area contributed by atoms with Crippen molar-refractivity contribution in [1.29, 1.82) is 0 Å². The average molecular weight is 569 g/mol. The number of aryl methyl sites for hydroxylation is 1. The molecule has 170 valence electrons. The molecule has 7 nitrogen and oxygen atoms in total. The van der Waals surface area contributed by atoms with Gasteiger partial charge in [0.15, 0.2) is 5.41 Å². The first kappa shape index (κ1) is 25.6. The van der Waals surface area contributed by atoms with Gasteiger partial charge >= 0.3 is 11.9 Å². The van der Waals surface area contributed by atoms with Crippen LogP contribution < -0.4 is 4.72 Å². The van der Waals surface area contributed by atoms with Gasteiger partial charge < -0.3 is 9.47 Å². The Kier molecular flexibility index (Phi) is 8.65. The highest BCUT2D eigenvalue weighted by Crippen LogP contribution is 2.35. The second-order valence-corrected chi connectivity index (χ2v) is 9.81. The van der Waals surface area contributed by atoms with Gasteiger partial charge in [-0.25, -0.2) is 8.42 Å². The number of carbonyl (C=O) groups excluding carboxylic acids is 2. The molecule has 32 heavy (non-hydrogen) atoms. The van der Waals surface area contributed by atoms with Crippen molar-refractivity contribution < 1.29 is 27.5 Å². The smallest absolute Gasteiger partial charge is 0.323 e. The van der Waals surface area contributed by atoms with Crippen LogP contribution in [-0.2, 0) is 35.5 Å². The lowest BCUT2D eigenvalue weighted by Gasteiger charge is -2.27. The highest BCUT2D eigenvalue weighted by Gasteiger charge is 2.48. The molecule has 2 aromatic carbocycles. The third-order valence-electron chi connectivity index (χ3n) is 4.89. The number of methoxy groups -OCH3 is 2. The minimum Gasteiger partial charge on any atom is -0.468 e. The lowest BCUT2D eigenvalue weighted by atomic mass is 9.78. The summed E-state index contributed by atoms with van der Waals surface area (Å²) in [7, 11) is -1.45. The van der Waals surface area contributed by atoms with Gasteiger partial charge in [-0.1, -0.05) is 36.4 Å². The van der Waals surface area contributed by atoms with Crippen molar-refractivity contribution in [3.63, 3.8) is 0 Å². The number of benzene rings is 2. The van der Waals surface area contributed by atoms with Crippen LogP contribution in [0.1, 0.15) is 17.5 Å². The van der Waals surface area contributed by atoms with E-state index < -0.39 is 27.4 Å². The van der Waals surface area contributed by atoms with E-state index in [1.165, 1.54) is 32.4 Å². The van der Waals surface area contributed by atoms with Crippen LogP contribution in [0.4, 0.5) is 5.69 Å². The van der Waals surface area contributed by atoms with Crippen molar-refractivity contribution in [3.05, 3.63) is 75.5 Å². The Balaban J connectivity index is 2.49. The van der Waals surface area contributed by atoms with Gasteiger partial charge in [0.2, 0.25) is 0 Å². The molecule has 2 aromatic rings. The summed E-state index contributed by atoms with van der Waals surface area (Å²) in [6.45, 7) is 5.35. The molecule has 0 unspecified atom stereocenters. The lowest BCUT2D eigenvalue weighted by molar-refractivity contribution is -0.169. The number of esters is 2. The Bertz CT molecular complexity index is 1140. The average Bonchev–Trinajstić information content (AvgIpc) is 2.78. The van der Waals surface area contributed by atoms with Crippen molar-refractivity contribution in [1.82, 2.24) is 0 Å². The normalized spacial score (nSPS) is 11.2. The van der Waals surface area contributed by atoms with Crippen molar-refractivity contribution in [2.45, 2.75) is 24.7 Å². The maximum absolute atomic E-state index is 12.8. The number of nitrogens with one attached hydrogen (secondary N) is 1. The molecule has 9 heteroatoms. The van der Waals surface area contributed by atoms with Crippen LogP contribution in [0.2, 0.25) is 0 Å². The first-order valence-electron chi connectivity index (χ1n) is 9.49. The van der Waals surface area contributed by atoms with Gasteiger partial charge in [-0.3, -0.25) is 14.3 Å². The molecule has 0 heterocycles. The largest absolute Gasteiger partial charge is 0.468 e. The Morgan fingerprint density at radius 1 is 1.12 bits per heavy atom. The lowest BCUT2D eigenvalue weighted by Crippen LogP contribution is -2.43. The predicted octanol–water partition coefficient (Wildman–Crippen LogP) is 4.01. The molecule has 0 bridgehead atoms. The predicted molar refractivity (Wildman–Crippen MR) is 130 cm³/mol. The fourth-order valence-electron chi connectivity index (χ4n) is 3.15. The van der Waals surface area contributed by atoms with Gasteiger partial charge in [-0.15, -0.1) is 5.73 Å². The summed E-state index contributed by atoms with van der Waals surface area (Å²) in [5, 5.41) is 0. The monoisotopic (exact) mass is 569 g/mol. The Morgan fingerprint density at radius 3 is 2.25 bits per heavy atom. The molecule has 1 N–H and O–H groups in total. The summed E-state index contributed by atoms with van der Waals surface area (Å²) in [6.07, 6.45) is 1.36. The summed E-state index contributed by atoms with van der Waals surface area (Å²) >= 11 is 1.99. The standard InChI is InChI=1S/C23H24INO6S/c1-5-6-14-23(21(26)30-3,22(27)31-4)15-17-8-7-9-19(20(17)24)25-32(28,29)18-12-10-16(2)11-13-18/h6-13,25H,1,14-15H2,2-4H3. The molecule has 0 aromatic heterocycles. The van der Waals surface area contributed by atoms with E-state index in [-0.39, 0.29) is 17.7 Å². The minimum absolute atomic E-state index is 0.0365. The minimum atomic E-state index is -3.83. The number of anilines is 1. The van der Waals surface area contributed by atoms with Crippen LogP contribution >= 0.6 is 22.6 Å². The summed E-state index contributed by atoms with van der Waals surface area (Å²) in [5.41, 5.74) is 2.74. The molecule has 0 fully saturated rings. The zero-order valence-corrected chi connectivity index (χ0v) is 20.9. The van der Waals surface area contributed by atoms with Crippen LogP contribution in [0.25, 0.3) is 0 Å². The molecule has 0 aliphatic rings. The molecule has 0 saturated heterocycles. The maximum Gasteiger partial charge on any atom is 0.323 e. The fraction of sp³-hybridized carbons (Fsp3) is 0.261. The van der Waals surface area contributed by atoms with Gasteiger partial charge in [0, 0.05) is 9.99 Å². The number of rotatable bonds is 9. The van der Waals surface area contributed by atoms with E-state index in [4.69, 9.17) is 9.47 Å². The van der Waals surface area contributed by atoms with Gasteiger partial charge in [0.1, 0.15) is 0 Å². The molecular formula is C23H24INO6S. The van der Waals surface area contributed by atoms with E-state index in [0.717, 1.165) is 5.56 Å². The topological polar surface area (TPSA) is 98.8 Å². The van der Waals surface area contributed by atoms with Gasteiger partial charge in [-0.2, -0.15) is 0 Å². The van der Waals surface area contributed by atoms with Crippen LogP contribution in [0, 0.1) is 15.9 Å². The Morgan fingerprint density at radius 2 is 1.72 bits per heavy atom. The molecule has 0 radical (unpaired) electrons. The van der Waals surface area contributed by atoms with Crippen molar-refractivity contribution in [2.75, 3.05) is 18.9 Å². The summed E-state index contributed by atoms with van der Waals surface area (Å²) in [4.78, 5) is 25.5. The van der Waals surface area contributed by atoms with E-state index in [0.29, 0.717) is 14.8 Å². The van der Waals surface area contributed by atoms with Crippen molar-refractivity contribution in [2.24, 2.45) is 5.41 Å². The van der Waals surface area contributed by atoms with Crippen molar-refractivity contribution in [3.8, 4) is 0 Å². The molecule has 0 aliphatic heterocycles. The van der Waals surface area contributed by atoms with Gasteiger partial charge in [-0.05, 0) is 65.8 Å². The second kappa shape index (κ2) is 10.8. The maximum atomic E-state index is 12.8. The van der Waals surface area contributed by atoms with E-state index >= 15 is 0 Å². The van der Waals surface area contributed by atoms with Crippen LogP contribution in [0.3, 0.4) is 0 Å². The zero-order valence-electron chi connectivity index (χ0n) is 18.0. The van der Waals surface area contributed by atoms with E-state index in [2.05, 4.69) is 17.0 Å². The number of sulfonamides is 1. The van der Waals surface area contributed by atoms with Crippen LogP contribution in [-0.4, -0.2) is 34.6 Å². The van der Waals surface area contributed by atoms with Gasteiger partial charge in [0.25, 0.3) is 10.0 Å². The number of allylic oxidation sites excluding steroid dienone is 1. The summed E-state index contributed by atoms with van der Waals surface area (Å²) < 4.78 is 38.6. The Hall–Kier alpha value is -2.62. The quantitative estimate of drug-likeness (QED) is 0.212. The number of hydrogen-bond acceptors (Lipinski definition) is 6. The molecular weight excluding hydrogens is 545 g/mol. The first-order chi connectivity index (χ1) is 15.1. The fourth-order valence-corrected chi connectivity index (χ4v) is 5.08. The first-order valence-corrected chi connectivity index (χ1v) is 12.1. The molecule has 0 amide bonds. The summed E-state index contributed by atoms with van der Waals surface area (Å²) in [6, 6.07) is 11.4. The molecule has 2 rings (SSSR count). The van der Waals surface area contributed by atoms with Crippen LogP contribution in [0.15, 0.2) is 65.7 Å². The highest BCUT2D eigenvalue weighted by atomic mass is 127. The van der Waals surface area contributed by atoms with E-state index in [1.807, 2.05) is 29.5 Å². The second-order valence-electron chi connectivity index (χ2n) is 7.05. The van der Waals surface area contributed by atoms with Gasteiger partial charge in [0.05, 0.1) is 24.8 Å². The van der Waals surface area contributed by atoms with Crippen LogP contribution in [0.5, 0.6) is 0 Å². The number of hydrogen-bond donors (Lipinski definition) is 1. The molecule has 0 spiro atoms. The Labute approximate surface area is 201 Å². The van der Waals surface area contributed by atoms with E-state index in [1.54, 1.807) is 30.3 Å². The molecule has 0 saturated carbocycles. The van der Waals surface area contributed by atoms with E-state index in [9.17, 15) is 18.0 Å². The molecule has 0 aliphatic carbocycles. The SMILES string of the molecule is C=C=CCC(Cc1cccc(NS(=O)(=O)c2ccc(C)cc2)c1I)(C(=O)OC)C(=O)OC. The van der Waals surface area contributed by atoms with Crippen molar-refractivity contribution >= 4 is 50.2 Å². The molecule has 0 atom stereocenters. The third kappa shape index (κ3) is 5.59. The number of ether oxygens (including phenoxy) is 2. The zero-order chi connectivity index (χ0) is 23.9. The third-order valence-corrected chi connectivity index (χ3v) is 7.55. The highest BCUT2D eigenvalue weighted by molar-refractivity contribution is 14.1. The number of carbonyl (C=O) groups is 2. The summed E-state index contributed by atoms with van der Waals surface area (Å²) in [5.74, 6) is -1.53.